The van der Waals surface area contributed by atoms with E-state index >= 15 is 0 Å². The zero-order valence-electron chi connectivity index (χ0n) is 94.0. The molecule has 9 aromatic rings. The van der Waals surface area contributed by atoms with E-state index in [0.717, 1.165) is 257 Å². The van der Waals surface area contributed by atoms with Gasteiger partial charge in [-0.05, 0) is 253 Å². The fourth-order valence-corrected chi connectivity index (χ4v) is 18.6. The molecular weight excluding hydrogens is 1890 g/mol. The number of aromatic nitrogens is 9. The highest BCUT2D eigenvalue weighted by molar-refractivity contribution is 5.51. The molecule has 17 heterocycles. The average Bonchev–Trinajstić information content (AvgIpc) is 1.63. The Balaban J connectivity index is 0.000000172. The third-order valence-electron chi connectivity index (χ3n) is 28.2. The maximum atomic E-state index is 9.68. The maximum Gasteiger partial charge on any atom is 0.213 e. The van der Waals surface area contributed by atoms with Gasteiger partial charge in [0.05, 0.1) is 184 Å². The molecule has 8 saturated heterocycles. The zero-order valence-corrected chi connectivity index (χ0v) is 94.0. The topological polar surface area (TPSA) is 342 Å². The Morgan fingerprint density at radius 2 is 0.520 bits per heavy atom. The van der Waals surface area contributed by atoms with E-state index in [4.69, 9.17) is 23.7 Å². The van der Waals surface area contributed by atoms with Gasteiger partial charge >= 0.3 is 0 Å². The van der Waals surface area contributed by atoms with Gasteiger partial charge in [0, 0.05) is 175 Å². The maximum absolute atomic E-state index is 9.68. The number of β-amino-alcohol motifs (C(OH)–C–C–N with tert-alkyl or cyclic N) is 3. The van der Waals surface area contributed by atoms with E-state index in [1.165, 1.54) is 40.6 Å². The van der Waals surface area contributed by atoms with Crippen LogP contribution in [0.2, 0.25) is 0 Å². The van der Waals surface area contributed by atoms with Crippen LogP contribution in [0.4, 0.5) is 45.5 Å². The summed E-state index contributed by atoms with van der Waals surface area (Å²) in [5.41, 5.74) is 19.3. The van der Waals surface area contributed by atoms with Crippen molar-refractivity contribution in [3.63, 3.8) is 0 Å². The van der Waals surface area contributed by atoms with Crippen molar-refractivity contribution in [3.05, 3.63) is 216 Å². The van der Waals surface area contributed by atoms with Gasteiger partial charge in [-0.15, -0.1) is 0 Å². The number of nitrogens with one attached hydrogen (secondary N) is 1. The van der Waals surface area contributed by atoms with Crippen molar-refractivity contribution in [2.24, 2.45) is 0 Å². The Bertz CT molecular complexity index is 4680. The number of rotatable bonds is 19. The first kappa shape index (κ1) is 122. The minimum absolute atomic E-state index is 0.0742. The summed E-state index contributed by atoms with van der Waals surface area (Å²) in [5, 5.41) is 71.0. The Hall–Kier alpha value is -9.93. The van der Waals surface area contributed by atoms with Crippen molar-refractivity contribution >= 4 is 45.5 Å². The van der Waals surface area contributed by atoms with Gasteiger partial charge in [0.25, 0.3) is 0 Å². The third kappa shape index (κ3) is 42.8. The molecule has 8 atom stereocenters. The van der Waals surface area contributed by atoms with E-state index in [9.17, 15) is 35.7 Å². The molecule has 0 bridgehead atoms. The lowest BCUT2D eigenvalue weighted by molar-refractivity contribution is 0.0572. The lowest BCUT2D eigenvalue weighted by Gasteiger charge is -2.23. The van der Waals surface area contributed by atoms with Crippen molar-refractivity contribution in [1.82, 2.24) is 50.2 Å². The Morgan fingerprint density at radius 1 is 0.247 bits per heavy atom. The van der Waals surface area contributed by atoms with E-state index in [1.807, 2.05) is 67.8 Å². The van der Waals surface area contributed by atoms with Crippen LogP contribution in [0.15, 0.2) is 165 Å². The molecule has 0 aromatic carbocycles. The lowest BCUT2D eigenvalue weighted by Crippen LogP contribution is -2.32. The molecule has 2 unspecified atom stereocenters. The predicted octanol–water partition coefficient (Wildman–Crippen LogP) is 18.8. The average molecular weight is 2070 g/mol. The summed E-state index contributed by atoms with van der Waals surface area (Å²) in [6.45, 7) is 60.2. The van der Waals surface area contributed by atoms with Crippen LogP contribution < -0.4 is 49.3 Å². The summed E-state index contributed by atoms with van der Waals surface area (Å²) in [4.78, 5) is 58.4. The molecule has 9 aromatic heterocycles. The molecule has 0 amide bonds. The molecule has 9 aliphatic rings. The molecule has 1 saturated carbocycles. The van der Waals surface area contributed by atoms with Gasteiger partial charge < -0.3 is 104 Å². The highest BCUT2D eigenvalue weighted by Gasteiger charge is 2.29. The molecular formula is C120H186N18O12. The second-order valence-corrected chi connectivity index (χ2v) is 43.8. The van der Waals surface area contributed by atoms with Gasteiger partial charge in [0.1, 0.15) is 6.10 Å². The van der Waals surface area contributed by atoms with Crippen LogP contribution in [-0.4, -0.2) is 300 Å². The Labute approximate surface area is 898 Å². The van der Waals surface area contributed by atoms with Crippen LogP contribution in [0.25, 0.3) is 0 Å². The summed E-state index contributed by atoms with van der Waals surface area (Å²) < 4.78 is 27.1. The van der Waals surface area contributed by atoms with E-state index in [2.05, 4.69) is 311 Å². The van der Waals surface area contributed by atoms with Gasteiger partial charge in [0.15, 0.2) is 0 Å². The SMILES string of the molecule is CC(C)c1ccc(N2CCCC(O)CC2)cn1.CC(C)c1ccc(N2CCCNCC2)cn1.CC(C)c1ccc(N2CCCOCC2)cn1.CC(C)c1ccc(N2CCC[C@@H](O)CC2)cn1.CC(C)c1ccc(N2CCC[C@H](O)CC2)cn1.CC(C)c1ccc(N2CCOCC(O)C2)cn1.CC(C)c1ccc(N2CCOC[C@@H](O)C2)cn1.CC(C)c1ccc(N2CCOC[C@H](O)C2)cn1.CC(C)c1cccc(O[C@H]2CCC[C@@H]2O)n1. The summed E-state index contributed by atoms with van der Waals surface area (Å²) in [6, 6.07) is 39.6. The number of anilines is 8. The number of nitrogens with zero attached hydrogens (tertiary/aromatic N) is 17. The largest absolute Gasteiger partial charge is 0.472 e. The van der Waals surface area contributed by atoms with E-state index < -0.39 is 18.3 Å². The van der Waals surface area contributed by atoms with Crippen molar-refractivity contribution in [2.75, 3.05) is 210 Å². The molecule has 8 N–H and O–H groups in total. The fourth-order valence-electron chi connectivity index (χ4n) is 18.6. The fraction of sp³-hybridized carbons (Fsp3) is 0.625. The first-order valence-electron chi connectivity index (χ1n) is 56.3. The molecule has 150 heavy (non-hydrogen) atoms. The van der Waals surface area contributed by atoms with Crippen molar-refractivity contribution < 1.29 is 59.4 Å². The molecule has 9 fully saturated rings. The van der Waals surface area contributed by atoms with Crippen molar-refractivity contribution in [3.8, 4) is 5.88 Å². The van der Waals surface area contributed by atoms with Crippen LogP contribution in [-0.2, 0) is 18.9 Å². The molecule has 1 aliphatic carbocycles. The zero-order chi connectivity index (χ0) is 108. The molecule has 828 valence electrons. The second kappa shape index (κ2) is 65.6. The number of aliphatic hydroxyl groups excluding tert-OH is 7. The predicted molar refractivity (Wildman–Crippen MR) is 610 cm³/mol. The number of hydrogen-bond acceptors (Lipinski definition) is 30. The highest BCUT2D eigenvalue weighted by atomic mass is 16.5. The quantitative estimate of drug-likeness (QED) is 0.0373. The lowest BCUT2D eigenvalue weighted by atomic mass is 10.1. The van der Waals surface area contributed by atoms with Crippen LogP contribution in [0.1, 0.15) is 319 Å². The Kier molecular flexibility index (Phi) is 53.3. The summed E-state index contributed by atoms with van der Waals surface area (Å²) in [6.07, 6.45) is 27.2. The van der Waals surface area contributed by atoms with Crippen LogP contribution in [0.5, 0.6) is 5.88 Å². The normalized spacial score (nSPS) is 21.1. The monoisotopic (exact) mass is 2070 g/mol. The van der Waals surface area contributed by atoms with Crippen LogP contribution >= 0.6 is 0 Å². The van der Waals surface area contributed by atoms with Gasteiger partial charge in [0.2, 0.25) is 5.88 Å². The molecule has 18 rings (SSSR count). The molecule has 30 heteroatoms. The number of ether oxygens (including phenoxy) is 5. The van der Waals surface area contributed by atoms with Gasteiger partial charge in [-0.25, -0.2) is 4.98 Å². The van der Waals surface area contributed by atoms with E-state index in [1.54, 1.807) is 0 Å². The van der Waals surface area contributed by atoms with Crippen LogP contribution in [0.3, 0.4) is 0 Å². The standard InChI is InChI=1S/3C14H22N2O.C13H21N3.3C13H20N2O2.C13H20N2O.C13H19NO2/c3*1-11(2)14-6-5-12(10-15-14)16-8-3-4-13(17)7-9-16;1-11(2)13-5-4-12(10-15-13)16-8-3-6-14-7-9-16;3*1-10(2)13-4-3-11(7-14-13)15-5-6-17-9-12(16)8-15;1-11(2)13-5-4-12(10-14-13)15-6-3-8-16-9-7-15;1-9(2)10-5-3-8-13(14-10)16-12-7-4-6-11(12)15/h3*5-6,10-11,13,17H,3-4,7-9H2,1-2H3;4-5,10-11,14H,3,6-9H2,1-2H3;3*3-4,7,10,12,16H,5-6,8-9H2,1-2H3;4-5,10-11H,3,6-9H2,1-2H3;3,5,8-9,11-12,15H,4,6-7H2,1-2H3/t2*13-;;;2*12-;;;11-,12-/m10..10..0/s1. The van der Waals surface area contributed by atoms with Crippen LogP contribution in [0, 0.1) is 0 Å². The molecule has 8 aliphatic heterocycles. The molecule has 0 radical (unpaired) electrons. The number of pyridine rings is 9. The molecule has 0 spiro atoms. The van der Waals surface area contributed by atoms with Crippen molar-refractivity contribution in [2.45, 2.75) is 317 Å². The van der Waals surface area contributed by atoms with Crippen molar-refractivity contribution in [1.29, 1.82) is 0 Å². The summed E-state index contributed by atoms with van der Waals surface area (Å²) in [7, 11) is 0. The summed E-state index contributed by atoms with van der Waals surface area (Å²) in [5.74, 6) is 4.84. The second-order valence-electron chi connectivity index (χ2n) is 43.8. The van der Waals surface area contributed by atoms with Gasteiger partial charge in [-0.3, -0.25) is 39.9 Å². The highest BCUT2D eigenvalue weighted by Crippen LogP contribution is 2.31. The number of aliphatic hydroxyl groups is 7. The van der Waals surface area contributed by atoms with E-state index in [0.29, 0.717) is 118 Å². The minimum Gasteiger partial charge on any atom is -0.472 e. The van der Waals surface area contributed by atoms with Gasteiger partial charge in [-0.1, -0.05) is 131 Å². The minimum atomic E-state index is -0.415. The Morgan fingerprint density at radius 3 is 0.807 bits per heavy atom. The summed E-state index contributed by atoms with van der Waals surface area (Å²) >= 11 is 0. The first-order valence-corrected chi connectivity index (χ1v) is 56.3. The smallest absolute Gasteiger partial charge is 0.213 e. The van der Waals surface area contributed by atoms with E-state index in [-0.39, 0.29) is 30.5 Å². The first-order chi connectivity index (χ1) is 72.2. The van der Waals surface area contributed by atoms with Gasteiger partial charge in [-0.2, -0.15) is 0 Å². The third-order valence-corrected chi connectivity index (χ3v) is 28.2. The number of hydrogen-bond donors (Lipinski definition) is 8. The molecule has 30 nitrogen and oxygen atoms in total.